The standard InChI is InChI=1S/C12H15BrN2/c1-8(14-2)9-7-15(3)11-6-4-5-10(13)12(9)11/h4-8,14H,1-3H3. The Morgan fingerprint density at radius 1 is 1.40 bits per heavy atom. The quantitative estimate of drug-likeness (QED) is 0.884. The molecule has 2 aromatic rings. The van der Waals surface area contributed by atoms with Crippen LogP contribution in [0, 0.1) is 0 Å². The van der Waals surface area contributed by atoms with E-state index in [-0.39, 0.29) is 0 Å². The number of hydrogen-bond acceptors (Lipinski definition) is 1. The summed E-state index contributed by atoms with van der Waals surface area (Å²) in [5.41, 5.74) is 2.60. The van der Waals surface area contributed by atoms with Gasteiger partial charge in [0.15, 0.2) is 0 Å². The zero-order valence-corrected chi connectivity index (χ0v) is 10.8. The van der Waals surface area contributed by atoms with Crippen LogP contribution in [0.15, 0.2) is 28.9 Å². The Hall–Kier alpha value is -0.800. The number of benzene rings is 1. The van der Waals surface area contributed by atoms with Crippen LogP contribution in [0.5, 0.6) is 0 Å². The van der Waals surface area contributed by atoms with Crippen LogP contribution >= 0.6 is 15.9 Å². The topological polar surface area (TPSA) is 17.0 Å². The van der Waals surface area contributed by atoms with Crippen molar-refractivity contribution in [2.45, 2.75) is 13.0 Å². The highest BCUT2D eigenvalue weighted by atomic mass is 79.9. The highest BCUT2D eigenvalue weighted by Crippen LogP contribution is 2.31. The number of halogens is 1. The zero-order valence-electron chi connectivity index (χ0n) is 9.21. The molecule has 3 heteroatoms. The van der Waals surface area contributed by atoms with E-state index < -0.39 is 0 Å². The molecule has 0 amide bonds. The lowest BCUT2D eigenvalue weighted by atomic mass is 10.1. The number of rotatable bonds is 2. The summed E-state index contributed by atoms with van der Waals surface area (Å²) in [6.45, 7) is 2.17. The van der Waals surface area contributed by atoms with Crippen molar-refractivity contribution in [1.82, 2.24) is 9.88 Å². The average molecular weight is 267 g/mol. The van der Waals surface area contributed by atoms with Crippen molar-refractivity contribution in [3.63, 3.8) is 0 Å². The molecule has 0 fully saturated rings. The molecule has 0 aliphatic carbocycles. The van der Waals surface area contributed by atoms with Crippen LogP contribution in [0.1, 0.15) is 18.5 Å². The fourth-order valence-corrected chi connectivity index (χ4v) is 2.50. The summed E-state index contributed by atoms with van der Waals surface area (Å²) in [4.78, 5) is 0. The van der Waals surface area contributed by atoms with E-state index in [9.17, 15) is 0 Å². The van der Waals surface area contributed by atoms with Crippen molar-refractivity contribution < 1.29 is 0 Å². The lowest BCUT2D eigenvalue weighted by molar-refractivity contribution is 0.654. The molecule has 2 nitrogen and oxygen atoms in total. The third-order valence-corrected chi connectivity index (χ3v) is 3.55. The van der Waals surface area contributed by atoms with Gasteiger partial charge in [-0.05, 0) is 31.7 Å². The highest BCUT2D eigenvalue weighted by molar-refractivity contribution is 9.10. The molecule has 1 heterocycles. The Balaban J connectivity index is 2.75. The van der Waals surface area contributed by atoms with Crippen LogP contribution in [0.25, 0.3) is 10.9 Å². The van der Waals surface area contributed by atoms with Crippen LogP contribution in [0.3, 0.4) is 0 Å². The number of nitrogens with one attached hydrogen (secondary N) is 1. The van der Waals surface area contributed by atoms with Crippen LogP contribution < -0.4 is 5.32 Å². The van der Waals surface area contributed by atoms with Gasteiger partial charge in [0.1, 0.15) is 0 Å². The predicted octanol–water partition coefficient (Wildman–Crippen LogP) is 3.22. The van der Waals surface area contributed by atoms with E-state index in [4.69, 9.17) is 0 Å². The van der Waals surface area contributed by atoms with Gasteiger partial charge in [-0.3, -0.25) is 0 Å². The van der Waals surface area contributed by atoms with Gasteiger partial charge >= 0.3 is 0 Å². The molecule has 80 valence electrons. The third kappa shape index (κ3) is 1.70. The van der Waals surface area contributed by atoms with Crippen molar-refractivity contribution in [2.75, 3.05) is 7.05 Å². The van der Waals surface area contributed by atoms with Crippen molar-refractivity contribution >= 4 is 26.8 Å². The number of fused-ring (bicyclic) bond motifs is 1. The minimum atomic E-state index is 0.368. The Bertz CT molecular complexity index is 488. The minimum Gasteiger partial charge on any atom is -0.350 e. The maximum absolute atomic E-state index is 3.62. The summed E-state index contributed by atoms with van der Waals surface area (Å²) in [6, 6.07) is 6.67. The molecular weight excluding hydrogens is 252 g/mol. The van der Waals surface area contributed by atoms with Gasteiger partial charge in [0.25, 0.3) is 0 Å². The van der Waals surface area contributed by atoms with Crippen molar-refractivity contribution in [3.05, 3.63) is 34.4 Å². The summed E-state index contributed by atoms with van der Waals surface area (Å²) in [5, 5.41) is 4.59. The highest BCUT2D eigenvalue weighted by Gasteiger charge is 2.13. The lowest BCUT2D eigenvalue weighted by Crippen LogP contribution is -2.11. The maximum atomic E-state index is 3.62. The Morgan fingerprint density at radius 2 is 2.13 bits per heavy atom. The second kappa shape index (κ2) is 3.99. The molecule has 0 bridgehead atoms. The lowest BCUT2D eigenvalue weighted by Gasteiger charge is -2.09. The Kier molecular flexibility index (Phi) is 2.85. The zero-order chi connectivity index (χ0) is 11.0. The normalized spacial score (nSPS) is 13.3. The molecule has 1 atom stereocenters. The molecular formula is C12H15BrN2. The van der Waals surface area contributed by atoms with E-state index in [0.29, 0.717) is 6.04 Å². The van der Waals surface area contributed by atoms with E-state index in [1.807, 2.05) is 7.05 Å². The molecule has 15 heavy (non-hydrogen) atoms. The first kappa shape index (κ1) is 10.7. The van der Waals surface area contributed by atoms with E-state index in [1.165, 1.54) is 16.5 Å². The van der Waals surface area contributed by atoms with Crippen LogP contribution in [0.2, 0.25) is 0 Å². The van der Waals surface area contributed by atoms with Crippen LogP contribution in [0.4, 0.5) is 0 Å². The predicted molar refractivity (Wildman–Crippen MR) is 68.1 cm³/mol. The number of aryl methyl sites for hydroxylation is 1. The molecule has 0 saturated heterocycles. The molecule has 1 N–H and O–H groups in total. The Morgan fingerprint density at radius 3 is 2.80 bits per heavy atom. The van der Waals surface area contributed by atoms with Gasteiger partial charge < -0.3 is 9.88 Å². The molecule has 2 rings (SSSR count). The molecule has 0 radical (unpaired) electrons. The molecule has 1 aromatic heterocycles. The molecule has 0 aliphatic heterocycles. The van der Waals surface area contributed by atoms with Crippen molar-refractivity contribution in [1.29, 1.82) is 0 Å². The van der Waals surface area contributed by atoms with Gasteiger partial charge in [-0.1, -0.05) is 22.0 Å². The fraction of sp³-hybridized carbons (Fsp3) is 0.333. The monoisotopic (exact) mass is 266 g/mol. The van der Waals surface area contributed by atoms with E-state index in [2.05, 4.69) is 64.2 Å². The number of hydrogen-bond donors (Lipinski definition) is 1. The third-order valence-electron chi connectivity index (χ3n) is 2.89. The minimum absolute atomic E-state index is 0.368. The number of aromatic nitrogens is 1. The maximum Gasteiger partial charge on any atom is 0.0492 e. The summed E-state index contributed by atoms with van der Waals surface area (Å²) in [5.74, 6) is 0. The fourth-order valence-electron chi connectivity index (χ4n) is 1.92. The molecule has 0 saturated carbocycles. The number of nitrogens with zero attached hydrogens (tertiary/aromatic N) is 1. The first-order chi connectivity index (χ1) is 7.15. The van der Waals surface area contributed by atoms with Gasteiger partial charge in [0.2, 0.25) is 0 Å². The summed E-state index contributed by atoms with van der Waals surface area (Å²) in [7, 11) is 4.07. The SMILES string of the molecule is CNC(C)c1cn(C)c2cccc(Br)c12. The first-order valence-corrected chi connectivity index (χ1v) is 5.85. The van der Waals surface area contributed by atoms with E-state index in [1.54, 1.807) is 0 Å². The largest absolute Gasteiger partial charge is 0.350 e. The van der Waals surface area contributed by atoms with Gasteiger partial charge in [0.05, 0.1) is 0 Å². The van der Waals surface area contributed by atoms with Crippen LogP contribution in [-0.4, -0.2) is 11.6 Å². The van der Waals surface area contributed by atoms with Crippen LogP contribution in [-0.2, 0) is 7.05 Å². The second-order valence-electron chi connectivity index (χ2n) is 3.84. The van der Waals surface area contributed by atoms with Gasteiger partial charge in [-0.15, -0.1) is 0 Å². The molecule has 1 aromatic carbocycles. The van der Waals surface area contributed by atoms with Crippen molar-refractivity contribution in [3.8, 4) is 0 Å². The van der Waals surface area contributed by atoms with Crippen molar-refractivity contribution in [2.24, 2.45) is 7.05 Å². The Labute approximate surface area is 98.4 Å². The summed E-state index contributed by atoms with van der Waals surface area (Å²) >= 11 is 3.62. The second-order valence-corrected chi connectivity index (χ2v) is 4.69. The van der Waals surface area contributed by atoms with Gasteiger partial charge in [0, 0.05) is 34.7 Å². The van der Waals surface area contributed by atoms with E-state index in [0.717, 1.165) is 4.47 Å². The summed E-state index contributed by atoms with van der Waals surface area (Å²) in [6.07, 6.45) is 2.19. The average Bonchev–Trinajstić information content (AvgIpc) is 2.57. The van der Waals surface area contributed by atoms with E-state index >= 15 is 0 Å². The smallest absolute Gasteiger partial charge is 0.0492 e. The molecule has 1 unspecified atom stereocenters. The molecule has 0 aliphatic rings. The van der Waals surface area contributed by atoms with Gasteiger partial charge in [-0.2, -0.15) is 0 Å². The van der Waals surface area contributed by atoms with Gasteiger partial charge in [-0.25, -0.2) is 0 Å². The molecule has 0 spiro atoms. The summed E-state index contributed by atoms with van der Waals surface area (Å²) < 4.78 is 3.33. The first-order valence-electron chi connectivity index (χ1n) is 5.06.